The number of nitrogens with zero attached hydrogens (tertiary/aromatic N) is 3. The third-order valence-electron chi connectivity index (χ3n) is 5.71. The van der Waals surface area contributed by atoms with Crippen LogP contribution in [0.4, 0.5) is 5.95 Å². The summed E-state index contributed by atoms with van der Waals surface area (Å²) in [5.41, 5.74) is 6.60. The quantitative estimate of drug-likeness (QED) is 0.260. The van der Waals surface area contributed by atoms with Crippen molar-refractivity contribution in [2.24, 2.45) is 0 Å². The Balaban J connectivity index is 1.68. The normalized spacial score (nSPS) is 23.4. The largest absolute Gasteiger partial charge is 0.394 e. The maximum Gasteiger partial charge on any atom is 0.280 e. The number of nitrogens with two attached hydrogens (primary N) is 1. The number of fused-ring (bicyclic) bond motifs is 2. The number of nitrogen functional groups attached to an aromatic ring is 1. The van der Waals surface area contributed by atoms with Gasteiger partial charge in [-0.2, -0.15) is 17.6 Å². The molecule has 1 fully saturated rings. The van der Waals surface area contributed by atoms with Gasteiger partial charge in [0.15, 0.2) is 17.4 Å². The molecule has 0 bridgehead atoms. The summed E-state index contributed by atoms with van der Waals surface area (Å²) in [6.07, 6.45) is -2.29. The van der Waals surface area contributed by atoms with E-state index in [9.17, 15) is 15.0 Å². The summed E-state index contributed by atoms with van der Waals surface area (Å²) in [4.78, 5) is 23.8. The molecule has 0 amide bonds. The number of hydrogen-bond donors (Lipinski definition) is 5. The molecule has 3 heterocycles. The van der Waals surface area contributed by atoms with E-state index in [0.29, 0.717) is 12.2 Å². The van der Waals surface area contributed by atoms with Crippen molar-refractivity contribution in [1.82, 2.24) is 19.5 Å². The predicted molar refractivity (Wildman–Crippen MR) is 127 cm³/mol. The Morgan fingerprint density at radius 3 is 2.78 bits per heavy atom. The summed E-state index contributed by atoms with van der Waals surface area (Å²) in [5, 5.41) is 21.5. The maximum absolute atomic E-state index is 12.5. The lowest BCUT2D eigenvalue weighted by Crippen LogP contribution is -2.30. The first-order valence-electron chi connectivity index (χ1n) is 9.94. The Bertz CT molecular complexity index is 1390. The van der Waals surface area contributed by atoms with Crippen molar-refractivity contribution in [1.29, 1.82) is 0 Å². The molecule has 1 aliphatic rings. The summed E-state index contributed by atoms with van der Waals surface area (Å²) < 4.78 is 8.44. The van der Waals surface area contributed by atoms with Crippen molar-refractivity contribution < 1.29 is 14.9 Å². The van der Waals surface area contributed by atoms with Crippen LogP contribution in [0.15, 0.2) is 45.7 Å². The fourth-order valence-electron chi connectivity index (χ4n) is 4.12. The van der Waals surface area contributed by atoms with Gasteiger partial charge in [0, 0.05) is 10.9 Å². The van der Waals surface area contributed by atoms with E-state index >= 15 is 0 Å². The molecule has 0 unspecified atom stereocenters. The minimum absolute atomic E-state index is 0.0601. The molecule has 1 saturated heterocycles. The monoisotopic (exact) mass is 517 g/mol. The van der Waals surface area contributed by atoms with Gasteiger partial charge in [0.05, 0.1) is 18.0 Å². The molecule has 32 heavy (non-hydrogen) atoms. The van der Waals surface area contributed by atoms with E-state index in [-0.39, 0.29) is 23.7 Å². The van der Waals surface area contributed by atoms with E-state index in [0.717, 1.165) is 20.8 Å². The van der Waals surface area contributed by atoms with Gasteiger partial charge in [-0.1, -0.05) is 36.4 Å². The van der Waals surface area contributed by atoms with Crippen LogP contribution >= 0.6 is 28.6 Å². The number of aromatic amines is 1. The average molecular weight is 518 g/mol. The molecule has 4 aromatic rings. The van der Waals surface area contributed by atoms with Crippen LogP contribution in [0.5, 0.6) is 0 Å². The first-order chi connectivity index (χ1) is 15.4. The summed E-state index contributed by atoms with van der Waals surface area (Å²) >= 11 is 8.21. The number of aliphatic hydroxyl groups is 2. The van der Waals surface area contributed by atoms with Gasteiger partial charge in [-0.05, 0) is 32.3 Å². The second kappa shape index (κ2) is 8.16. The molecule has 2 aromatic heterocycles. The Morgan fingerprint density at radius 2 is 2.03 bits per heavy atom. The molecule has 2 aromatic carbocycles. The van der Waals surface area contributed by atoms with Crippen LogP contribution in [-0.4, -0.2) is 53.8 Å². The Hall–Kier alpha value is -2.44. The third-order valence-corrected chi connectivity index (χ3v) is 7.20. The molecule has 1 aliphatic heterocycles. The number of halogens is 1. The van der Waals surface area contributed by atoms with Gasteiger partial charge in [-0.25, -0.2) is 4.98 Å². The molecule has 9 nitrogen and oxygen atoms in total. The minimum Gasteiger partial charge on any atom is -0.394 e. The second-order valence-corrected chi connectivity index (χ2v) is 9.08. The first kappa shape index (κ1) is 21.4. The number of benzene rings is 2. The van der Waals surface area contributed by atoms with Crippen molar-refractivity contribution in [2.45, 2.75) is 30.1 Å². The molecule has 5 N–H and O–H groups in total. The maximum atomic E-state index is 12.5. The second-order valence-electron chi connectivity index (χ2n) is 7.69. The molecular formula is C21H20BrN5O4S. The van der Waals surface area contributed by atoms with Gasteiger partial charge in [0.2, 0.25) is 5.95 Å². The number of rotatable bonds is 4. The Morgan fingerprint density at radius 1 is 1.25 bits per heavy atom. The summed E-state index contributed by atoms with van der Waals surface area (Å²) in [5.74, 6) is 0.435. The Labute approximate surface area is 195 Å². The number of aliphatic hydroxyl groups excluding tert-OH is 2. The number of nitrogens with one attached hydrogen (secondary N) is 1. The number of thiol groups is 1. The predicted octanol–water partition coefficient (Wildman–Crippen LogP) is 1.76. The summed E-state index contributed by atoms with van der Waals surface area (Å²) in [6.45, 7) is -0.372. The number of ether oxygens (including phenoxy) is 1. The SMILES string of the molecule is Nc1nc2c(nc(Cc3ccc4ccccc4c3Br)n2[C@@H]2O[C@H](CO)[C@@H](O)[C@H]2S)c(=O)[nH]1. The van der Waals surface area contributed by atoms with Crippen LogP contribution in [0.25, 0.3) is 21.9 Å². The van der Waals surface area contributed by atoms with Crippen molar-refractivity contribution in [3.05, 3.63) is 62.6 Å². The molecule has 0 radical (unpaired) electrons. The zero-order valence-corrected chi connectivity index (χ0v) is 19.1. The van der Waals surface area contributed by atoms with Gasteiger partial charge in [-0.3, -0.25) is 14.3 Å². The summed E-state index contributed by atoms with van der Waals surface area (Å²) in [6, 6.07) is 12.0. The van der Waals surface area contributed by atoms with Crippen LogP contribution < -0.4 is 11.3 Å². The highest BCUT2D eigenvalue weighted by atomic mass is 79.9. The number of imidazole rings is 1. The van der Waals surface area contributed by atoms with E-state index in [2.05, 4.69) is 43.5 Å². The third kappa shape index (κ3) is 3.41. The molecule has 4 atom stereocenters. The first-order valence-corrected chi connectivity index (χ1v) is 11.2. The van der Waals surface area contributed by atoms with Crippen molar-refractivity contribution in [2.75, 3.05) is 12.3 Å². The highest BCUT2D eigenvalue weighted by molar-refractivity contribution is 9.10. The van der Waals surface area contributed by atoms with Crippen LogP contribution in [0.1, 0.15) is 17.6 Å². The standard InChI is InChI=1S/C21H20BrN5O4S/c22-14-10(6-5-9-3-1-2-4-11(9)14)7-13-24-15-18(25-21(23)26-19(15)30)27(13)20-17(32)16(29)12(8-28)31-20/h1-6,12,16-17,20,28-29,32H,7-8H2,(H3,23,25,26,30)/t12-,16-,17-,20-/m1/s1. The fraction of sp³-hybridized carbons (Fsp3) is 0.286. The van der Waals surface area contributed by atoms with Crippen LogP contribution in [0.3, 0.4) is 0 Å². The van der Waals surface area contributed by atoms with Crippen molar-refractivity contribution in [3.63, 3.8) is 0 Å². The lowest BCUT2D eigenvalue weighted by molar-refractivity contribution is -0.0437. The van der Waals surface area contributed by atoms with E-state index in [1.165, 1.54) is 0 Å². The average Bonchev–Trinajstić information content (AvgIpc) is 3.27. The Kier molecular flexibility index (Phi) is 5.46. The van der Waals surface area contributed by atoms with Gasteiger partial charge < -0.3 is 20.7 Å². The zero-order chi connectivity index (χ0) is 22.6. The van der Waals surface area contributed by atoms with E-state index in [4.69, 9.17) is 10.5 Å². The lowest BCUT2D eigenvalue weighted by atomic mass is 10.0. The van der Waals surface area contributed by atoms with Gasteiger partial charge in [-0.15, -0.1) is 0 Å². The fourth-order valence-corrected chi connectivity index (χ4v) is 5.15. The molecular weight excluding hydrogens is 498 g/mol. The number of H-pyrrole nitrogens is 1. The molecule has 5 rings (SSSR count). The topological polar surface area (TPSA) is 139 Å². The van der Waals surface area contributed by atoms with Crippen LogP contribution in [-0.2, 0) is 11.2 Å². The van der Waals surface area contributed by atoms with Crippen molar-refractivity contribution in [3.8, 4) is 0 Å². The highest BCUT2D eigenvalue weighted by Crippen LogP contribution is 2.37. The van der Waals surface area contributed by atoms with Gasteiger partial charge in [0.1, 0.15) is 11.9 Å². The smallest absolute Gasteiger partial charge is 0.280 e. The molecule has 0 aliphatic carbocycles. The van der Waals surface area contributed by atoms with Gasteiger partial charge in [0.25, 0.3) is 5.56 Å². The summed E-state index contributed by atoms with van der Waals surface area (Å²) in [7, 11) is 0. The molecule has 11 heteroatoms. The molecule has 0 saturated carbocycles. The number of anilines is 1. The lowest BCUT2D eigenvalue weighted by Gasteiger charge is -2.20. The van der Waals surface area contributed by atoms with Crippen LogP contribution in [0.2, 0.25) is 0 Å². The van der Waals surface area contributed by atoms with E-state index in [1.807, 2.05) is 36.4 Å². The molecule has 0 spiro atoms. The van der Waals surface area contributed by atoms with Crippen molar-refractivity contribution >= 4 is 56.4 Å². The number of aromatic nitrogens is 4. The van der Waals surface area contributed by atoms with E-state index < -0.39 is 29.2 Å². The molecule has 166 valence electrons. The van der Waals surface area contributed by atoms with Crippen LogP contribution in [0, 0.1) is 0 Å². The highest BCUT2D eigenvalue weighted by Gasteiger charge is 2.44. The number of hydrogen-bond acceptors (Lipinski definition) is 8. The van der Waals surface area contributed by atoms with E-state index in [1.54, 1.807) is 4.57 Å². The minimum atomic E-state index is -1.01. The zero-order valence-electron chi connectivity index (χ0n) is 16.6. The van der Waals surface area contributed by atoms with Gasteiger partial charge >= 0.3 is 0 Å².